The molecule has 7 unspecified atom stereocenters. The van der Waals surface area contributed by atoms with Crippen LogP contribution in [0.1, 0.15) is 91.4 Å². The fourth-order valence-corrected chi connectivity index (χ4v) is 8.44. The minimum atomic E-state index is 0.0347. The van der Waals surface area contributed by atoms with Gasteiger partial charge in [-0.3, -0.25) is 4.79 Å². The molecule has 0 bridgehead atoms. The van der Waals surface area contributed by atoms with Crippen molar-refractivity contribution in [1.29, 1.82) is 0 Å². The molecular weight excluding hydrogens is 360 g/mol. The predicted octanol–water partition coefficient (Wildman–Crippen LogP) is 6.07. The normalized spacial score (nSPS) is 49.6. The van der Waals surface area contributed by atoms with E-state index in [0.717, 1.165) is 43.6 Å². The predicted molar refractivity (Wildman–Crippen MR) is 114 cm³/mol. The van der Waals surface area contributed by atoms with Crippen LogP contribution in [0.2, 0.25) is 0 Å². The van der Waals surface area contributed by atoms with Gasteiger partial charge in [0.25, 0.3) is 0 Å². The number of fused-ring (bicyclic) bond motifs is 5. The zero-order valence-electron chi connectivity index (χ0n) is 18.8. The average Bonchev–Trinajstić information content (AvgIpc) is 3.06. The van der Waals surface area contributed by atoms with E-state index in [1.807, 2.05) is 6.92 Å². The lowest BCUT2D eigenvalue weighted by molar-refractivity contribution is -0.195. The second-order valence-corrected chi connectivity index (χ2v) is 11.3. The minimum Gasteiger partial charge on any atom is -0.353 e. The van der Waals surface area contributed by atoms with E-state index in [2.05, 4.69) is 19.9 Å². The van der Waals surface area contributed by atoms with E-state index in [9.17, 15) is 4.79 Å². The van der Waals surface area contributed by atoms with E-state index in [0.29, 0.717) is 23.2 Å². The molecule has 0 radical (unpaired) electrons. The minimum absolute atomic E-state index is 0.0347. The van der Waals surface area contributed by atoms with Gasteiger partial charge in [-0.05, 0) is 106 Å². The molecule has 3 nitrogen and oxygen atoms in total. The third kappa shape index (κ3) is 3.26. The van der Waals surface area contributed by atoms with Crippen molar-refractivity contribution in [2.75, 3.05) is 6.61 Å². The van der Waals surface area contributed by atoms with Gasteiger partial charge in [0, 0.05) is 12.5 Å². The lowest BCUT2D eigenvalue weighted by atomic mass is 9.47. The van der Waals surface area contributed by atoms with Gasteiger partial charge >= 0.3 is 0 Å². The van der Waals surface area contributed by atoms with E-state index < -0.39 is 0 Å². The Morgan fingerprint density at radius 1 is 1.07 bits per heavy atom. The first-order valence-corrected chi connectivity index (χ1v) is 12.4. The molecule has 1 aliphatic heterocycles. The van der Waals surface area contributed by atoms with Crippen LogP contribution in [0.3, 0.4) is 0 Å². The summed E-state index contributed by atoms with van der Waals surface area (Å²) in [6, 6.07) is 0. The maximum Gasteiger partial charge on any atom is 0.157 e. The van der Waals surface area contributed by atoms with Crippen molar-refractivity contribution in [3.05, 3.63) is 11.6 Å². The van der Waals surface area contributed by atoms with E-state index in [4.69, 9.17) is 9.47 Å². The fourth-order valence-electron chi connectivity index (χ4n) is 8.44. The molecule has 29 heavy (non-hydrogen) atoms. The summed E-state index contributed by atoms with van der Waals surface area (Å²) < 4.78 is 12.2. The number of hydrogen-bond donors (Lipinski definition) is 0. The lowest BCUT2D eigenvalue weighted by Gasteiger charge is -2.58. The molecule has 8 atom stereocenters. The molecule has 0 spiro atoms. The van der Waals surface area contributed by atoms with E-state index in [-0.39, 0.29) is 11.7 Å². The summed E-state index contributed by atoms with van der Waals surface area (Å²) in [5, 5.41) is 0. The SMILES string of the molecule is CC(=O)C1CCC2C3CC=C4C[C@@H](OC5CCCCO5)CCC4(C)C3CCC12C. The summed E-state index contributed by atoms with van der Waals surface area (Å²) in [7, 11) is 0. The molecule has 0 amide bonds. The molecule has 4 fully saturated rings. The Labute approximate surface area is 177 Å². The van der Waals surface area contributed by atoms with Crippen molar-refractivity contribution in [3.8, 4) is 0 Å². The van der Waals surface area contributed by atoms with Gasteiger partial charge < -0.3 is 9.47 Å². The number of ketones is 1. The van der Waals surface area contributed by atoms with Crippen molar-refractivity contribution in [1.82, 2.24) is 0 Å². The number of ether oxygens (including phenoxy) is 2. The molecule has 1 saturated heterocycles. The van der Waals surface area contributed by atoms with Gasteiger partial charge in [-0.15, -0.1) is 0 Å². The Morgan fingerprint density at radius 3 is 2.69 bits per heavy atom. The molecule has 4 aliphatic carbocycles. The van der Waals surface area contributed by atoms with Crippen LogP contribution < -0.4 is 0 Å². The van der Waals surface area contributed by atoms with Gasteiger partial charge in [0.15, 0.2) is 6.29 Å². The third-order valence-electron chi connectivity index (χ3n) is 10.0. The van der Waals surface area contributed by atoms with Crippen LogP contribution in [0.15, 0.2) is 11.6 Å². The Morgan fingerprint density at radius 2 is 1.93 bits per heavy atom. The number of carbonyl (C=O) groups is 1. The van der Waals surface area contributed by atoms with Crippen molar-refractivity contribution in [2.24, 2.45) is 34.5 Å². The summed E-state index contributed by atoms with van der Waals surface area (Å²) in [4.78, 5) is 12.3. The van der Waals surface area contributed by atoms with Crippen LogP contribution in [0.25, 0.3) is 0 Å². The van der Waals surface area contributed by atoms with Crippen LogP contribution >= 0.6 is 0 Å². The molecule has 0 aromatic heterocycles. The van der Waals surface area contributed by atoms with Gasteiger partial charge in [-0.1, -0.05) is 25.5 Å². The highest BCUT2D eigenvalue weighted by atomic mass is 16.7. The quantitative estimate of drug-likeness (QED) is 0.540. The first-order chi connectivity index (χ1) is 13.9. The second kappa shape index (κ2) is 7.48. The highest BCUT2D eigenvalue weighted by molar-refractivity contribution is 5.79. The number of hydrogen-bond acceptors (Lipinski definition) is 3. The maximum absolute atomic E-state index is 12.3. The van der Waals surface area contributed by atoms with Gasteiger partial charge in [0.2, 0.25) is 0 Å². The van der Waals surface area contributed by atoms with Crippen molar-refractivity contribution in [3.63, 3.8) is 0 Å². The first kappa shape index (κ1) is 20.2. The van der Waals surface area contributed by atoms with Crippen molar-refractivity contribution < 1.29 is 14.3 Å². The molecular formula is C26H40O3. The van der Waals surface area contributed by atoms with Crippen molar-refractivity contribution >= 4 is 5.78 Å². The molecule has 3 saturated carbocycles. The molecule has 0 aromatic rings. The molecule has 5 aliphatic rings. The largest absolute Gasteiger partial charge is 0.353 e. The van der Waals surface area contributed by atoms with Crippen LogP contribution in [-0.4, -0.2) is 24.8 Å². The van der Waals surface area contributed by atoms with Crippen LogP contribution in [-0.2, 0) is 14.3 Å². The van der Waals surface area contributed by atoms with E-state index in [1.54, 1.807) is 5.57 Å². The monoisotopic (exact) mass is 400 g/mol. The van der Waals surface area contributed by atoms with Gasteiger partial charge in [-0.25, -0.2) is 0 Å². The Hall–Kier alpha value is -0.670. The fraction of sp³-hybridized carbons (Fsp3) is 0.885. The molecule has 3 heteroatoms. The number of carbonyl (C=O) groups excluding carboxylic acids is 1. The first-order valence-electron chi connectivity index (χ1n) is 12.4. The number of allylic oxidation sites excluding steroid dienone is 1. The summed E-state index contributed by atoms with van der Waals surface area (Å²) in [5.41, 5.74) is 2.29. The molecule has 162 valence electrons. The Bertz CT molecular complexity index is 677. The van der Waals surface area contributed by atoms with E-state index in [1.165, 1.54) is 51.4 Å². The number of Topliss-reactive ketones (excluding diaryl/α,β-unsaturated/α-hetero) is 1. The van der Waals surface area contributed by atoms with Crippen LogP contribution in [0, 0.1) is 34.5 Å². The second-order valence-electron chi connectivity index (χ2n) is 11.3. The zero-order chi connectivity index (χ0) is 20.2. The van der Waals surface area contributed by atoms with Gasteiger partial charge in [0.05, 0.1) is 6.10 Å². The summed E-state index contributed by atoms with van der Waals surface area (Å²) >= 11 is 0. The topological polar surface area (TPSA) is 35.5 Å². The van der Waals surface area contributed by atoms with Gasteiger partial charge in [0.1, 0.15) is 5.78 Å². The van der Waals surface area contributed by atoms with Crippen LogP contribution in [0.4, 0.5) is 0 Å². The van der Waals surface area contributed by atoms with E-state index >= 15 is 0 Å². The van der Waals surface area contributed by atoms with Crippen molar-refractivity contribution in [2.45, 2.75) is 104 Å². The summed E-state index contributed by atoms with van der Waals surface area (Å²) in [6.45, 7) is 7.71. The summed E-state index contributed by atoms with van der Waals surface area (Å²) in [5.74, 6) is 3.08. The Balaban J connectivity index is 1.32. The molecule has 0 aromatic carbocycles. The third-order valence-corrected chi connectivity index (χ3v) is 10.0. The lowest BCUT2D eigenvalue weighted by Crippen LogP contribution is -2.51. The highest BCUT2D eigenvalue weighted by Crippen LogP contribution is 2.66. The molecule has 1 heterocycles. The molecule has 0 N–H and O–H groups in total. The number of rotatable bonds is 3. The average molecular weight is 401 g/mol. The summed E-state index contributed by atoms with van der Waals surface area (Å²) in [6.07, 6.45) is 16.2. The standard InChI is InChI=1S/C26H40O3/c1-17(27)21-9-10-22-20-8-7-18-16-19(29-24-6-4-5-15-28-24)11-13-25(18,2)23(20)12-14-26(21,22)3/h7,19-24H,4-6,8-16H2,1-3H3/t19-,20?,21?,22?,23?,24?,25?,26?/m0/s1. The Kier molecular flexibility index (Phi) is 5.22. The van der Waals surface area contributed by atoms with Crippen LogP contribution in [0.5, 0.6) is 0 Å². The van der Waals surface area contributed by atoms with Gasteiger partial charge in [-0.2, -0.15) is 0 Å². The molecule has 5 rings (SSSR count). The maximum atomic E-state index is 12.3. The zero-order valence-corrected chi connectivity index (χ0v) is 18.8. The highest BCUT2D eigenvalue weighted by Gasteiger charge is 2.59. The smallest absolute Gasteiger partial charge is 0.157 e.